The SMILES string of the molecule is Oc1ccccc1.Oc1ccccc1.Oc1ccccc1.[Ti][CH]1C=Cc2ccccc21. The number of benzene rings is 4. The first kappa shape index (κ1) is 24.0. The normalized spacial score (nSPS) is 12.5. The summed E-state index contributed by atoms with van der Waals surface area (Å²) in [6.07, 6.45) is 4.44. The van der Waals surface area contributed by atoms with Gasteiger partial charge in [-0.1, -0.05) is 54.6 Å². The summed E-state index contributed by atoms with van der Waals surface area (Å²) in [4.78, 5) is 0. The summed E-state index contributed by atoms with van der Waals surface area (Å²) in [7, 11) is 0. The van der Waals surface area contributed by atoms with Crippen LogP contribution in [-0.4, -0.2) is 15.3 Å². The second-order valence-electron chi connectivity index (χ2n) is 6.47. The van der Waals surface area contributed by atoms with E-state index in [0.29, 0.717) is 21.5 Å². The molecule has 5 rings (SSSR count). The van der Waals surface area contributed by atoms with Gasteiger partial charge in [0.25, 0.3) is 0 Å². The Kier molecular flexibility index (Phi) is 10.7. The minimum absolute atomic E-state index is 0.322. The third kappa shape index (κ3) is 9.86. The molecular weight excluding hydrogens is 420 g/mol. The number of phenolic OH excluding ortho intramolecular Hbond substituents is 3. The molecule has 0 spiro atoms. The number of para-hydroxylation sites is 3. The Labute approximate surface area is 195 Å². The fraction of sp³-hybridized carbons (Fsp3) is 0.0370. The Morgan fingerprint density at radius 3 is 1.16 bits per heavy atom. The zero-order valence-corrected chi connectivity index (χ0v) is 18.6. The molecule has 1 unspecified atom stereocenters. The number of aromatic hydroxyl groups is 3. The Bertz CT molecular complexity index is 931. The number of hydrogen-bond donors (Lipinski definition) is 3. The molecule has 31 heavy (non-hydrogen) atoms. The molecule has 0 heterocycles. The molecule has 0 saturated heterocycles. The molecule has 1 atom stereocenters. The molecule has 4 aromatic rings. The van der Waals surface area contributed by atoms with Crippen LogP contribution >= 0.6 is 0 Å². The van der Waals surface area contributed by atoms with Gasteiger partial charge in [-0.05, 0) is 36.4 Å². The van der Waals surface area contributed by atoms with E-state index in [1.54, 1.807) is 72.8 Å². The van der Waals surface area contributed by atoms with E-state index in [1.165, 1.54) is 11.1 Å². The Morgan fingerprint density at radius 1 is 0.484 bits per heavy atom. The first-order valence-electron chi connectivity index (χ1n) is 9.76. The van der Waals surface area contributed by atoms with E-state index >= 15 is 0 Å². The van der Waals surface area contributed by atoms with Gasteiger partial charge in [-0.15, -0.1) is 0 Å². The van der Waals surface area contributed by atoms with Gasteiger partial charge in [0.15, 0.2) is 0 Å². The van der Waals surface area contributed by atoms with Crippen LogP contribution in [0.4, 0.5) is 0 Å². The van der Waals surface area contributed by atoms with Gasteiger partial charge in [0.2, 0.25) is 0 Å². The summed E-state index contributed by atoms with van der Waals surface area (Å²) in [5, 5.41) is 25.9. The molecule has 0 fully saturated rings. The van der Waals surface area contributed by atoms with Crippen LogP contribution in [0.2, 0.25) is 0 Å². The molecule has 0 aromatic heterocycles. The minimum atomic E-state index is 0.322. The van der Waals surface area contributed by atoms with Gasteiger partial charge < -0.3 is 15.3 Å². The van der Waals surface area contributed by atoms with Crippen LogP contribution in [0.15, 0.2) is 121 Å². The van der Waals surface area contributed by atoms with Crippen LogP contribution in [0.25, 0.3) is 6.08 Å². The molecule has 4 heteroatoms. The zero-order chi connectivity index (χ0) is 22.3. The summed E-state index contributed by atoms with van der Waals surface area (Å²) in [5.41, 5.74) is 2.84. The van der Waals surface area contributed by atoms with E-state index in [0.717, 1.165) is 0 Å². The van der Waals surface area contributed by atoms with Crippen molar-refractivity contribution in [2.75, 3.05) is 0 Å². The van der Waals surface area contributed by atoms with Crippen molar-refractivity contribution in [1.29, 1.82) is 0 Å². The molecule has 0 amide bonds. The van der Waals surface area contributed by atoms with Gasteiger partial charge >= 0.3 is 72.2 Å². The molecule has 0 aliphatic heterocycles. The molecule has 1 aliphatic carbocycles. The maximum absolute atomic E-state index is 8.63. The number of fused-ring (bicyclic) bond motifs is 1. The first-order chi connectivity index (χ1) is 15.1. The first-order valence-corrected chi connectivity index (χ1v) is 10.7. The van der Waals surface area contributed by atoms with Gasteiger partial charge in [0.1, 0.15) is 17.2 Å². The molecular formula is C27H25O3Ti. The van der Waals surface area contributed by atoms with Gasteiger partial charge in [0, 0.05) is 0 Å². The summed E-state index contributed by atoms with van der Waals surface area (Å²) in [6.45, 7) is 0. The Hall–Kier alpha value is -3.27. The standard InChI is InChI=1S/C9H7.3C6H6O.Ti/c1-2-5-9-7-3-6-8(9)4-1;3*7-6-4-2-1-3-5-6;/h1-7H;3*1-5,7H;. The Balaban J connectivity index is 0.000000149. The van der Waals surface area contributed by atoms with Gasteiger partial charge in [-0.2, -0.15) is 0 Å². The van der Waals surface area contributed by atoms with E-state index in [4.69, 9.17) is 15.3 Å². The van der Waals surface area contributed by atoms with Crippen molar-refractivity contribution in [3.05, 3.63) is 132 Å². The van der Waals surface area contributed by atoms with E-state index in [9.17, 15) is 0 Å². The number of phenols is 3. The monoisotopic (exact) mass is 445 g/mol. The van der Waals surface area contributed by atoms with Gasteiger partial charge in [-0.25, -0.2) is 0 Å². The molecule has 0 bridgehead atoms. The molecule has 4 aromatic carbocycles. The second-order valence-corrected chi connectivity index (χ2v) is 7.44. The van der Waals surface area contributed by atoms with Crippen LogP contribution in [0.3, 0.4) is 0 Å². The van der Waals surface area contributed by atoms with Gasteiger partial charge in [-0.3, -0.25) is 0 Å². The third-order valence-electron chi connectivity index (χ3n) is 4.07. The number of allylic oxidation sites excluding steroid dienone is 1. The van der Waals surface area contributed by atoms with Crippen LogP contribution < -0.4 is 0 Å². The van der Waals surface area contributed by atoms with Crippen LogP contribution in [0.1, 0.15) is 15.3 Å². The quantitative estimate of drug-likeness (QED) is 0.272. The van der Waals surface area contributed by atoms with Crippen LogP contribution in [0, 0.1) is 0 Å². The van der Waals surface area contributed by atoms with E-state index < -0.39 is 0 Å². The van der Waals surface area contributed by atoms with Crippen molar-refractivity contribution >= 4 is 6.08 Å². The number of hydrogen-bond acceptors (Lipinski definition) is 3. The van der Waals surface area contributed by atoms with E-state index in [-0.39, 0.29) is 0 Å². The average molecular weight is 445 g/mol. The average Bonchev–Trinajstić information content (AvgIpc) is 3.18. The predicted octanol–water partition coefficient (Wildman–Crippen LogP) is 6.48. The maximum atomic E-state index is 8.63. The summed E-state index contributed by atoms with van der Waals surface area (Å²) in [5.74, 6) is 0.965. The molecule has 3 N–H and O–H groups in total. The van der Waals surface area contributed by atoms with Crippen molar-refractivity contribution < 1.29 is 35.8 Å². The summed E-state index contributed by atoms with van der Waals surface area (Å²) in [6, 6.07) is 34.7. The second kappa shape index (κ2) is 13.9. The van der Waals surface area contributed by atoms with Crippen molar-refractivity contribution in [3.63, 3.8) is 0 Å². The van der Waals surface area contributed by atoms with E-state index in [1.807, 2.05) is 18.2 Å². The third-order valence-corrected chi connectivity index (χ3v) is 4.85. The van der Waals surface area contributed by atoms with Gasteiger partial charge in [0.05, 0.1) is 0 Å². The van der Waals surface area contributed by atoms with Crippen LogP contribution in [0.5, 0.6) is 17.2 Å². The molecule has 1 aliphatic rings. The van der Waals surface area contributed by atoms with Crippen molar-refractivity contribution in [2.45, 2.75) is 4.22 Å². The molecule has 0 saturated carbocycles. The number of rotatable bonds is 0. The fourth-order valence-electron chi connectivity index (χ4n) is 2.53. The van der Waals surface area contributed by atoms with Crippen LogP contribution in [-0.2, 0) is 20.4 Å². The topological polar surface area (TPSA) is 60.7 Å². The Morgan fingerprint density at radius 2 is 0.839 bits per heavy atom. The molecule has 3 nitrogen and oxygen atoms in total. The fourth-order valence-corrected chi connectivity index (χ4v) is 3.09. The van der Waals surface area contributed by atoms with Crippen molar-refractivity contribution in [2.24, 2.45) is 0 Å². The molecule has 0 radical (unpaired) electrons. The predicted molar refractivity (Wildman–Crippen MR) is 123 cm³/mol. The van der Waals surface area contributed by atoms with E-state index in [2.05, 4.69) is 56.9 Å². The summed E-state index contributed by atoms with van der Waals surface area (Å²) < 4.78 is 0.621. The van der Waals surface area contributed by atoms with Crippen molar-refractivity contribution in [3.8, 4) is 17.2 Å². The van der Waals surface area contributed by atoms with Crippen molar-refractivity contribution in [1.82, 2.24) is 0 Å². The summed E-state index contributed by atoms with van der Waals surface area (Å²) >= 11 is 2.22. The molecule has 155 valence electrons. The zero-order valence-electron chi connectivity index (χ0n) is 17.0.